The van der Waals surface area contributed by atoms with E-state index in [4.69, 9.17) is 9.47 Å². The van der Waals surface area contributed by atoms with Crippen molar-refractivity contribution in [2.24, 2.45) is 0 Å². The maximum Gasteiger partial charge on any atom is 0.274 e. The average molecular weight is 379 g/mol. The van der Waals surface area contributed by atoms with Gasteiger partial charge in [0.15, 0.2) is 5.69 Å². The quantitative estimate of drug-likeness (QED) is 0.620. The van der Waals surface area contributed by atoms with Crippen molar-refractivity contribution in [3.63, 3.8) is 0 Å². The van der Waals surface area contributed by atoms with Gasteiger partial charge in [0.25, 0.3) is 5.91 Å². The number of aromatic nitrogens is 2. The van der Waals surface area contributed by atoms with E-state index in [2.05, 4.69) is 5.10 Å². The van der Waals surface area contributed by atoms with E-state index in [1.54, 1.807) is 36.1 Å². The molecule has 0 N–H and O–H groups in total. The summed E-state index contributed by atoms with van der Waals surface area (Å²) in [6.45, 7) is 4.55. The van der Waals surface area contributed by atoms with Gasteiger partial charge in [-0.25, -0.2) is 4.68 Å². The number of rotatable bonds is 7. The Labute approximate surface area is 165 Å². The minimum Gasteiger partial charge on any atom is -0.497 e. The normalized spacial score (nSPS) is 11.7. The second-order valence-corrected chi connectivity index (χ2v) is 6.39. The highest BCUT2D eigenvalue weighted by Crippen LogP contribution is 2.25. The van der Waals surface area contributed by atoms with Gasteiger partial charge in [0.05, 0.1) is 25.9 Å². The summed E-state index contributed by atoms with van der Waals surface area (Å²) in [4.78, 5) is 14.9. The van der Waals surface area contributed by atoms with Crippen LogP contribution in [-0.4, -0.2) is 41.4 Å². The lowest BCUT2D eigenvalue weighted by atomic mass is 10.1. The molecule has 0 saturated heterocycles. The van der Waals surface area contributed by atoms with Crippen LogP contribution in [-0.2, 0) is 0 Å². The summed E-state index contributed by atoms with van der Waals surface area (Å²) in [5, 5.41) is 4.47. The van der Waals surface area contributed by atoms with Crippen molar-refractivity contribution >= 4 is 5.91 Å². The van der Waals surface area contributed by atoms with E-state index in [0.717, 1.165) is 22.7 Å². The maximum absolute atomic E-state index is 13.1. The highest BCUT2D eigenvalue weighted by Gasteiger charge is 2.23. The molecule has 0 bridgehead atoms. The van der Waals surface area contributed by atoms with Crippen LogP contribution in [0, 0.1) is 0 Å². The van der Waals surface area contributed by atoms with Crippen LogP contribution in [0.5, 0.6) is 11.5 Å². The molecule has 2 aromatic carbocycles. The summed E-state index contributed by atoms with van der Waals surface area (Å²) in [6, 6.07) is 16.9. The third-order valence-electron chi connectivity index (χ3n) is 4.79. The van der Waals surface area contributed by atoms with Gasteiger partial charge in [-0.1, -0.05) is 12.1 Å². The predicted octanol–water partition coefficient (Wildman–Crippen LogP) is 4.11. The molecule has 28 heavy (non-hydrogen) atoms. The molecule has 0 aliphatic rings. The van der Waals surface area contributed by atoms with Crippen molar-refractivity contribution < 1.29 is 14.3 Å². The van der Waals surface area contributed by atoms with E-state index >= 15 is 0 Å². The summed E-state index contributed by atoms with van der Waals surface area (Å²) < 4.78 is 12.2. The first-order valence-electron chi connectivity index (χ1n) is 9.22. The van der Waals surface area contributed by atoms with Gasteiger partial charge in [-0.2, -0.15) is 5.10 Å². The number of hydrogen-bond donors (Lipinski definition) is 0. The van der Waals surface area contributed by atoms with Gasteiger partial charge in [-0.3, -0.25) is 4.79 Å². The van der Waals surface area contributed by atoms with Gasteiger partial charge >= 0.3 is 0 Å². The smallest absolute Gasteiger partial charge is 0.274 e. The van der Waals surface area contributed by atoms with Crippen molar-refractivity contribution in [1.82, 2.24) is 14.7 Å². The molecule has 1 amide bonds. The number of carbonyl (C=O) groups excluding carboxylic acids is 1. The van der Waals surface area contributed by atoms with Gasteiger partial charge in [0, 0.05) is 12.7 Å². The number of nitrogens with zero attached hydrogens (tertiary/aromatic N) is 3. The molecule has 3 aromatic rings. The van der Waals surface area contributed by atoms with E-state index in [0.29, 0.717) is 12.2 Å². The third-order valence-corrected chi connectivity index (χ3v) is 4.79. The molecule has 6 nitrogen and oxygen atoms in total. The van der Waals surface area contributed by atoms with Crippen LogP contribution in [0.1, 0.15) is 35.9 Å². The van der Waals surface area contributed by atoms with Gasteiger partial charge in [-0.05, 0) is 61.9 Å². The second kappa shape index (κ2) is 8.61. The second-order valence-electron chi connectivity index (χ2n) is 6.39. The highest BCUT2D eigenvalue weighted by molar-refractivity contribution is 5.92. The molecule has 0 aliphatic heterocycles. The Morgan fingerprint density at radius 1 is 1.07 bits per heavy atom. The third kappa shape index (κ3) is 4.01. The molecule has 1 aromatic heterocycles. The Morgan fingerprint density at radius 2 is 1.79 bits per heavy atom. The zero-order chi connectivity index (χ0) is 20.1. The molecule has 3 rings (SSSR count). The zero-order valence-electron chi connectivity index (χ0n) is 16.6. The summed E-state index contributed by atoms with van der Waals surface area (Å²) in [7, 11) is 3.26. The summed E-state index contributed by atoms with van der Waals surface area (Å²) in [6.07, 6.45) is 1.79. The minimum absolute atomic E-state index is 0.0984. The average Bonchev–Trinajstić information content (AvgIpc) is 3.24. The maximum atomic E-state index is 13.1. The summed E-state index contributed by atoms with van der Waals surface area (Å²) in [5.74, 6) is 1.44. The Hall–Kier alpha value is -3.28. The van der Waals surface area contributed by atoms with E-state index in [1.807, 2.05) is 62.4 Å². The predicted molar refractivity (Wildman–Crippen MR) is 108 cm³/mol. The Kier molecular flexibility index (Phi) is 5.99. The molecular formula is C22H25N3O3. The van der Waals surface area contributed by atoms with E-state index in [-0.39, 0.29) is 11.9 Å². The van der Waals surface area contributed by atoms with Crippen molar-refractivity contribution in [2.75, 3.05) is 20.8 Å². The number of hydrogen-bond acceptors (Lipinski definition) is 4. The van der Waals surface area contributed by atoms with Crippen molar-refractivity contribution in [3.8, 4) is 17.2 Å². The Bertz CT molecular complexity index is 934. The first-order valence-corrected chi connectivity index (χ1v) is 9.22. The standard InChI is InChI=1S/C22H25N3O3/c1-5-24(16(2)17-7-6-8-20(15-17)28-4)22(26)21-13-14-25(23-21)18-9-11-19(27-3)12-10-18/h6-16H,5H2,1-4H3. The zero-order valence-corrected chi connectivity index (χ0v) is 16.6. The number of ether oxygens (including phenoxy) is 2. The van der Waals surface area contributed by atoms with Crippen LogP contribution in [0.25, 0.3) is 5.69 Å². The number of amides is 1. The van der Waals surface area contributed by atoms with Crippen LogP contribution in [0.15, 0.2) is 60.8 Å². The lowest BCUT2D eigenvalue weighted by Gasteiger charge is -2.28. The van der Waals surface area contributed by atoms with Gasteiger partial charge in [-0.15, -0.1) is 0 Å². The molecule has 1 unspecified atom stereocenters. The van der Waals surface area contributed by atoms with E-state index in [9.17, 15) is 4.79 Å². The molecule has 146 valence electrons. The van der Waals surface area contributed by atoms with Crippen molar-refractivity contribution in [3.05, 3.63) is 72.1 Å². The molecule has 0 saturated carbocycles. The molecule has 1 heterocycles. The van der Waals surface area contributed by atoms with Crippen molar-refractivity contribution in [2.45, 2.75) is 19.9 Å². The molecule has 0 aliphatic carbocycles. The topological polar surface area (TPSA) is 56.6 Å². The molecule has 6 heteroatoms. The number of benzene rings is 2. The monoisotopic (exact) mass is 379 g/mol. The lowest BCUT2D eigenvalue weighted by Crippen LogP contribution is -2.33. The fraction of sp³-hybridized carbons (Fsp3) is 0.273. The van der Waals surface area contributed by atoms with Crippen LogP contribution in [0.3, 0.4) is 0 Å². The van der Waals surface area contributed by atoms with E-state index < -0.39 is 0 Å². The van der Waals surface area contributed by atoms with Gasteiger partial charge in [0.2, 0.25) is 0 Å². The molecule has 0 radical (unpaired) electrons. The first-order chi connectivity index (χ1) is 13.6. The lowest BCUT2D eigenvalue weighted by molar-refractivity contribution is 0.0695. The largest absolute Gasteiger partial charge is 0.497 e. The molecular weight excluding hydrogens is 354 g/mol. The first kappa shape index (κ1) is 19.5. The summed E-state index contributed by atoms with van der Waals surface area (Å²) >= 11 is 0. The van der Waals surface area contributed by atoms with Gasteiger partial charge < -0.3 is 14.4 Å². The Morgan fingerprint density at radius 3 is 2.43 bits per heavy atom. The Balaban J connectivity index is 1.82. The highest BCUT2D eigenvalue weighted by atomic mass is 16.5. The van der Waals surface area contributed by atoms with Gasteiger partial charge in [0.1, 0.15) is 11.5 Å². The minimum atomic E-state index is -0.106. The number of carbonyl (C=O) groups is 1. The van der Waals surface area contributed by atoms with Crippen LogP contribution in [0.4, 0.5) is 0 Å². The SMILES string of the molecule is CCN(C(=O)c1ccn(-c2ccc(OC)cc2)n1)C(C)c1cccc(OC)c1. The van der Waals surface area contributed by atoms with Crippen LogP contribution < -0.4 is 9.47 Å². The fourth-order valence-electron chi connectivity index (χ4n) is 3.14. The van der Waals surface area contributed by atoms with Crippen molar-refractivity contribution in [1.29, 1.82) is 0 Å². The van der Waals surface area contributed by atoms with E-state index in [1.165, 1.54) is 0 Å². The van der Waals surface area contributed by atoms with Crippen LogP contribution >= 0.6 is 0 Å². The fourth-order valence-corrected chi connectivity index (χ4v) is 3.14. The molecule has 0 spiro atoms. The van der Waals surface area contributed by atoms with Crippen LogP contribution in [0.2, 0.25) is 0 Å². The molecule has 0 fully saturated rings. The summed E-state index contributed by atoms with van der Waals surface area (Å²) in [5.41, 5.74) is 2.29. The molecule has 1 atom stereocenters. The number of methoxy groups -OCH3 is 2.